The largest absolute Gasteiger partial charge is 0.326 e. The smallest absolute Gasteiger partial charge is 0.0845 e. The molecule has 1 fully saturated rings. The molecule has 1 aromatic heterocycles. The van der Waals surface area contributed by atoms with E-state index in [-0.39, 0.29) is 12.1 Å². The Hall–Kier alpha value is 0.0600. The van der Waals surface area contributed by atoms with Gasteiger partial charge in [-0.05, 0) is 47.3 Å². The van der Waals surface area contributed by atoms with Gasteiger partial charge < -0.3 is 5.73 Å². The van der Waals surface area contributed by atoms with Gasteiger partial charge >= 0.3 is 0 Å². The first-order valence-electron chi connectivity index (χ1n) is 6.12. The van der Waals surface area contributed by atoms with Crippen molar-refractivity contribution < 1.29 is 4.84 Å². The fourth-order valence-electron chi connectivity index (χ4n) is 2.11. The maximum absolute atomic E-state index is 6.26. The summed E-state index contributed by atoms with van der Waals surface area (Å²) in [6.07, 6.45) is 3.30. The van der Waals surface area contributed by atoms with Gasteiger partial charge in [-0.2, -0.15) is 5.06 Å². The van der Waals surface area contributed by atoms with Gasteiger partial charge in [0.2, 0.25) is 0 Å². The zero-order chi connectivity index (χ0) is 12.3. The molecule has 1 aliphatic rings. The van der Waals surface area contributed by atoms with Crippen molar-refractivity contribution in [2.24, 2.45) is 5.73 Å². The quantitative estimate of drug-likeness (QED) is 0.925. The van der Waals surface area contributed by atoms with Crippen molar-refractivity contribution >= 4 is 27.3 Å². The SMILES string of the molecule is CCC(N)C(c1ccc(Br)s1)N1CCCCO1. The van der Waals surface area contributed by atoms with Crippen LogP contribution in [0.2, 0.25) is 0 Å². The van der Waals surface area contributed by atoms with Gasteiger partial charge in [0, 0.05) is 17.5 Å². The van der Waals surface area contributed by atoms with E-state index in [4.69, 9.17) is 10.6 Å². The molecule has 5 heteroatoms. The Morgan fingerprint density at radius 2 is 2.35 bits per heavy atom. The summed E-state index contributed by atoms with van der Waals surface area (Å²) < 4.78 is 1.15. The number of hydrogen-bond donors (Lipinski definition) is 1. The van der Waals surface area contributed by atoms with Crippen LogP contribution in [0.3, 0.4) is 0 Å². The van der Waals surface area contributed by atoms with E-state index in [1.165, 1.54) is 11.3 Å². The Kier molecular flexibility index (Phi) is 4.99. The third-order valence-corrected chi connectivity index (χ3v) is 4.80. The Morgan fingerprint density at radius 3 is 2.88 bits per heavy atom. The van der Waals surface area contributed by atoms with Crippen molar-refractivity contribution in [3.8, 4) is 0 Å². The normalized spacial score (nSPS) is 21.4. The molecule has 0 radical (unpaired) electrons. The molecule has 0 amide bonds. The van der Waals surface area contributed by atoms with E-state index in [1.807, 2.05) is 0 Å². The predicted molar refractivity (Wildman–Crippen MR) is 74.9 cm³/mol. The molecule has 1 aliphatic heterocycles. The summed E-state index contributed by atoms with van der Waals surface area (Å²) in [4.78, 5) is 7.06. The number of hydroxylamine groups is 2. The lowest BCUT2D eigenvalue weighted by molar-refractivity contribution is -0.211. The third-order valence-electron chi connectivity index (χ3n) is 3.10. The van der Waals surface area contributed by atoms with Crippen LogP contribution in [0.25, 0.3) is 0 Å². The lowest BCUT2D eigenvalue weighted by atomic mass is 10.0. The summed E-state index contributed by atoms with van der Waals surface area (Å²) in [7, 11) is 0. The highest BCUT2D eigenvalue weighted by Crippen LogP contribution is 2.34. The van der Waals surface area contributed by atoms with Crippen LogP contribution < -0.4 is 5.73 Å². The molecule has 1 saturated heterocycles. The summed E-state index contributed by atoms with van der Waals surface area (Å²) >= 11 is 5.26. The van der Waals surface area contributed by atoms with Crippen molar-refractivity contribution in [2.75, 3.05) is 13.2 Å². The molecule has 2 rings (SSSR count). The van der Waals surface area contributed by atoms with E-state index in [0.29, 0.717) is 0 Å². The highest BCUT2D eigenvalue weighted by Gasteiger charge is 2.29. The van der Waals surface area contributed by atoms with Crippen molar-refractivity contribution in [3.05, 3.63) is 20.8 Å². The number of nitrogens with zero attached hydrogens (tertiary/aromatic N) is 1. The van der Waals surface area contributed by atoms with E-state index >= 15 is 0 Å². The Bertz CT molecular complexity index is 352. The molecule has 2 heterocycles. The minimum Gasteiger partial charge on any atom is -0.326 e. The fraction of sp³-hybridized carbons (Fsp3) is 0.667. The molecule has 0 spiro atoms. The van der Waals surface area contributed by atoms with E-state index in [1.54, 1.807) is 11.3 Å². The molecule has 2 atom stereocenters. The molecule has 17 heavy (non-hydrogen) atoms. The van der Waals surface area contributed by atoms with Gasteiger partial charge in [-0.25, -0.2) is 0 Å². The van der Waals surface area contributed by atoms with Crippen LogP contribution >= 0.6 is 27.3 Å². The zero-order valence-corrected chi connectivity index (χ0v) is 12.5. The van der Waals surface area contributed by atoms with Gasteiger partial charge in [0.15, 0.2) is 0 Å². The summed E-state index contributed by atoms with van der Waals surface area (Å²) in [5, 5.41) is 2.08. The van der Waals surface area contributed by atoms with Crippen LogP contribution in [-0.4, -0.2) is 24.3 Å². The summed E-state index contributed by atoms with van der Waals surface area (Å²) in [5.74, 6) is 0. The van der Waals surface area contributed by atoms with Crippen molar-refractivity contribution in [1.82, 2.24) is 5.06 Å². The first-order chi connectivity index (χ1) is 8.22. The number of hydrogen-bond acceptors (Lipinski definition) is 4. The average Bonchev–Trinajstić information content (AvgIpc) is 2.77. The van der Waals surface area contributed by atoms with Gasteiger partial charge in [0.25, 0.3) is 0 Å². The molecule has 1 aromatic rings. The van der Waals surface area contributed by atoms with E-state index < -0.39 is 0 Å². The molecule has 2 N–H and O–H groups in total. The predicted octanol–water partition coefficient (Wildman–Crippen LogP) is 3.32. The van der Waals surface area contributed by atoms with Crippen LogP contribution in [0.5, 0.6) is 0 Å². The van der Waals surface area contributed by atoms with Crippen molar-refractivity contribution in [2.45, 2.75) is 38.3 Å². The molecule has 96 valence electrons. The van der Waals surface area contributed by atoms with Crippen LogP contribution in [0.4, 0.5) is 0 Å². The second kappa shape index (κ2) is 6.29. The number of rotatable bonds is 4. The number of thiophene rings is 1. The summed E-state index contributed by atoms with van der Waals surface area (Å²) in [6.45, 7) is 3.93. The van der Waals surface area contributed by atoms with Gasteiger partial charge in [-0.1, -0.05) is 6.92 Å². The first kappa shape index (κ1) is 13.5. The van der Waals surface area contributed by atoms with Gasteiger partial charge in [-0.15, -0.1) is 11.3 Å². The zero-order valence-electron chi connectivity index (χ0n) is 10.1. The molecule has 0 aromatic carbocycles. The van der Waals surface area contributed by atoms with Crippen molar-refractivity contribution in [3.63, 3.8) is 0 Å². The minimum atomic E-state index is 0.124. The Balaban J connectivity index is 2.17. The average molecular weight is 319 g/mol. The lowest BCUT2D eigenvalue weighted by Gasteiger charge is -2.36. The first-order valence-corrected chi connectivity index (χ1v) is 7.73. The number of halogens is 1. The maximum atomic E-state index is 6.26. The molecular weight excluding hydrogens is 300 g/mol. The molecule has 0 bridgehead atoms. The van der Waals surface area contributed by atoms with E-state index in [9.17, 15) is 0 Å². The third kappa shape index (κ3) is 3.29. The van der Waals surface area contributed by atoms with Crippen LogP contribution in [0.1, 0.15) is 37.1 Å². The summed E-state index contributed by atoms with van der Waals surface area (Å²) in [6, 6.07) is 4.54. The highest BCUT2D eigenvalue weighted by atomic mass is 79.9. The van der Waals surface area contributed by atoms with Gasteiger partial charge in [0.1, 0.15) is 0 Å². The topological polar surface area (TPSA) is 38.5 Å². The minimum absolute atomic E-state index is 0.124. The maximum Gasteiger partial charge on any atom is 0.0845 e. The van der Waals surface area contributed by atoms with E-state index in [0.717, 1.165) is 29.8 Å². The van der Waals surface area contributed by atoms with Crippen LogP contribution in [-0.2, 0) is 4.84 Å². The second-order valence-corrected chi connectivity index (χ2v) is 6.83. The Labute approximate surface area is 115 Å². The molecule has 2 unspecified atom stereocenters. The molecular formula is C12H19BrN2OS. The summed E-state index contributed by atoms with van der Waals surface area (Å²) in [5.41, 5.74) is 6.26. The van der Waals surface area contributed by atoms with Crippen LogP contribution in [0, 0.1) is 0 Å². The van der Waals surface area contributed by atoms with Crippen LogP contribution in [0.15, 0.2) is 15.9 Å². The lowest BCUT2D eigenvalue weighted by Crippen LogP contribution is -2.42. The standard InChI is InChI=1S/C12H19BrN2OS/c1-2-9(14)12(10-5-6-11(13)17-10)15-7-3-4-8-16-15/h5-6,9,12H,2-4,7-8,14H2,1H3. The van der Waals surface area contributed by atoms with Crippen molar-refractivity contribution in [1.29, 1.82) is 0 Å². The molecule has 0 saturated carbocycles. The molecule has 0 aliphatic carbocycles. The second-order valence-electron chi connectivity index (χ2n) is 4.34. The molecule has 3 nitrogen and oxygen atoms in total. The number of nitrogens with two attached hydrogens (primary N) is 1. The fourth-order valence-corrected chi connectivity index (χ4v) is 3.72. The highest BCUT2D eigenvalue weighted by molar-refractivity contribution is 9.11. The Morgan fingerprint density at radius 1 is 1.53 bits per heavy atom. The monoisotopic (exact) mass is 318 g/mol. The van der Waals surface area contributed by atoms with Gasteiger partial charge in [0.05, 0.1) is 16.4 Å². The van der Waals surface area contributed by atoms with Gasteiger partial charge in [-0.3, -0.25) is 4.84 Å². The van der Waals surface area contributed by atoms with E-state index in [2.05, 4.69) is 40.0 Å².